The number of rotatable bonds is 5. The molecule has 1 aliphatic carbocycles. The van der Waals surface area contributed by atoms with E-state index < -0.39 is 5.34 Å². The Bertz CT molecular complexity index is 647. The van der Waals surface area contributed by atoms with Gasteiger partial charge in [-0.25, -0.2) is 0 Å². The van der Waals surface area contributed by atoms with Gasteiger partial charge in [-0.3, -0.25) is 0 Å². The second-order valence-electron chi connectivity index (χ2n) is 6.25. The summed E-state index contributed by atoms with van der Waals surface area (Å²) < 4.78 is 7.77. The highest BCUT2D eigenvalue weighted by molar-refractivity contribution is 6.38. The summed E-state index contributed by atoms with van der Waals surface area (Å²) in [5, 5.41) is 0.129. The molecule has 0 bridgehead atoms. The van der Waals surface area contributed by atoms with Crippen LogP contribution < -0.4 is 4.74 Å². The van der Waals surface area contributed by atoms with Gasteiger partial charge in [-0.15, -0.1) is 0 Å². The molecule has 1 aromatic carbocycles. The highest BCUT2D eigenvalue weighted by Gasteiger charge is 2.29. The van der Waals surface area contributed by atoms with E-state index in [2.05, 4.69) is 6.07 Å². The molecule has 3 rings (SSSR count). The molecule has 3 nitrogen and oxygen atoms in total. The molecule has 5 heteroatoms. The molecule has 1 fully saturated rings. The lowest BCUT2D eigenvalue weighted by atomic mass is 9.57. The highest BCUT2D eigenvalue weighted by Crippen LogP contribution is 2.31. The first-order valence-corrected chi connectivity index (χ1v) is 7.42. The molecule has 0 saturated heterocycles. The van der Waals surface area contributed by atoms with E-state index >= 15 is 0 Å². The van der Waals surface area contributed by atoms with E-state index in [0.717, 1.165) is 29.5 Å². The van der Waals surface area contributed by atoms with Crippen LogP contribution in [0.25, 0.3) is 10.9 Å². The summed E-state index contributed by atoms with van der Waals surface area (Å²) in [5.41, 5.74) is 1.02. The third kappa shape index (κ3) is 2.71. The summed E-state index contributed by atoms with van der Waals surface area (Å²) in [7, 11) is 16.7. The van der Waals surface area contributed by atoms with Crippen molar-refractivity contribution in [2.75, 3.05) is 14.1 Å². The fourth-order valence-electron chi connectivity index (χ4n) is 2.52. The van der Waals surface area contributed by atoms with E-state index in [4.69, 9.17) is 20.4 Å². The molecule has 2 aromatic rings. The van der Waals surface area contributed by atoms with Crippen molar-refractivity contribution in [3.63, 3.8) is 0 Å². The Kier molecular flexibility index (Phi) is 3.56. The maximum absolute atomic E-state index is 6.39. The van der Waals surface area contributed by atoms with Gasteiger partial charge in [0.1, 0.15) is 5.75 Å². The molecule has 1 saturated carbocycles. The van der Waals surface area contributed by atoms with Gasteiger partial charge in [0.05, 0.1) is 21.8 Å². The number of hydrogen-bond acceptors (Lipinski definition) is 2. The van der Waals surface area contributed by atoms with E-state index in [0.29, 0.717) is 6.10 Å². The van der Waals surface area contributed by atoms with Gasteiger partial charge in [0.15, 0.2) is 0 Å². The van der Waals surface area contributed by atoms with Crippen LogP contribution in [0.15, 0.2) is 30.5 Å². The summed E-state index contributed by atoms with van der Waals surface area (Å²) in [6, 6.07) is 8.11. The number of nitrogens with zero attached hydrogens (tertiary/aromatic N) is 2. The maximum atomic E-state index is 6.39. The summed E-state index contributed by atoms with van der Waals surface area (Å²) in [6.07, 6.45) is 4.68. The molecular formula is C16H20B2N2O. The summed E-state index contributed by atoms with van der Waals surface area (Å²) in [6.45, 7) is 2.02. The molecule has 1 heterocycles. The topological polar surface area (TPSA) is 17.4 Å². The van der Waals surface area contributed by atoms with E-state index in [1.165, 1.54) is 0 Å². The molecule has 1 aliphatic rings. The third-order valence-corrected chi connectivity index (χ3v) is 4.35. The summed E-state index contributed by atoms with van der Waals surface area (Å²) in [5.74, 6) is 0.919. The Morgan fingerprint density at radius 1 is 1.29 bits per heavy atom. The van der Waals surface area contributed by atoms with Crippen LogP contribution in [0, 0.1) is 0 Å². The first-order chi connectivity index (χ1) is 9.89. The number of aromatic nitrogens is 1. The van der Waals surface area contributed by atoms with Crippen LogP contribution in [0.1, 0.15) is 19.8 Å². The number of fused-ring (bicyclic) bond motifs is 1. The van der Waals surface area contributed by atoms with E-state index in [1.807, 2.05) is 54.9 Å². The summed E-state index contributed by atoms with van der Waals surface area (Å²) in [4.78, 5) is 2.02. The fourth-order valence-corrected chi connectivity index (χ4v) is 2.52. The predicted molar refractivity (Wildman–Crippen MR) is 88.2 cm³/mol. The number of benzene rings is 1. The Balaban J connectivity index is 1.95. The van der Waals surface area contributed by atoms with Crippen molar-refractivity contribution in [3.8, 4) is 5.75 Å². The monoisotopic (exact) mass is 278 g/mol. The van der Waals surface area contributed by atoms with Gasteiger partial charge in [-0.1, -0.05) is 0 Å². The zero-order chi connectivity index (χ0) is 15.2. The van der Waals surface area contributed by atoms with Gasteiger partial charge in [0.2, 0.25) is 0 Å². The third-order valence-electron chi connectivity index (χ3n) is 4.35. The largest absolute Gasteiger partial charge is 0.490 e. The quantitative estimate of drug-likeness (QED) is 0.779. The Hall–Kier alpha value is -1.35. The predicted octanol–water partition coefficient (Wildman–Crippen LogP) is 2.08. The normalized spacial score (nSPS) is 17.3. The van der Waals surface area contributed by atoms with Gasteiger partial charge in [0, 0.05) is 23.1 Å². The van der Waals surface area contributed by atoms with Gasteiger partial charge >= 0.3 is 0 Å². The van der Waals surface area contributed by atoms with E-state index in [9.17, 15) is 0 Å². The Morgan fingerprint density at radius 3 is 2.62 bits per heavy atom. The standard InChI is InChI=1S/C16H20B2N2O/c1-11(19(2)3)16(17,18)20-9-8-12-10-14(6-7-15(12)20)21-13-4-5-13/h6-11,13H,4-5H2,1-3H3/t11-/m1/s1. The molecule has 0 amide bonds. The average molecular weight is 278 g/mol. The molecule has 21 heavy (non-hydrogen) atoms. The SMILES string of the molecule is [B]C([B])([C@@H](C)N(C)C)n1ccc2cc(OC3CC3)ccc21. The number of ether oxygens (including phenoxy) is 1. The second-order valence-corrected chi connectivity index (χ2v) is 6.25. The second kappa shape index (κ2) is 5.13. The minimum atomic E-state index is -0.968. The van der Waals surface area contributed by atoms with Crippen LogP contribution in [0.3, 0.4) is 0 Å². The number of likely N-dealkylation sites (N-methyl/N-ethyl adjacent to an activating group) is 1. The zero-order valence-corrected chi connectivity index (χ0v) is 12.9. The summed E-state index contributed by atoms with van der Waals surface area (Å²) >= 11 is 0. The maximum Gasteiger partial charge on any atom is 0.120 e. The molecule has 0 N–H and O–H groups in total. The molecule has 1 atom stereocenters. The van der Waals surface area contributed by atoms with Gasteiger partial charge in [-0.2, -0.15) is 0 Å². The van der Waals surface area contributed by atoms with Crippen molar-refractivity contribution >= 4 is 26.6 Å². The molecule has 0 unspecified atom stereocenters. The lowest BCUT2D eigenvalue weighted by Crippen LogP contribution is -2.51. The molecule has 1 aromatic heterocycles. The van der Waals surface area contributed by atoms with Crippen molar-refractivity contribution < 1.29 is 4.74 Å². The van der Waals surface area contributed by atoms with Crippen molar-refractivity contribution in [2.45, 2.75) is 37.2 Å². The van der Waals surface area contributed by atoms with Gasteiger partial charge in [-0.05, 0) is 63.5 Å². The minimum absolute atomic E-state index is 0.00418. The van der Waals surface area contributed by atoms with Crippen molar-refractivity contribution in [1.29, 1.82) is 0 Å². The van der Waals surface area contributed by atoms with E-state index in [1.54, 1.807) is 0 Å². The molecular weight excluding hydrogens is 258 g/mol. The van der Waals surface area contributed by atoms with E-state index in [-0.39, 0.29) is 6.04 Å². The highest BCUT2D eigenvalue weighted by atomic mass is 16.5. The average Bonchev–Trinajstić information content (AvgIpc) is 3.13. The van der Waals surface area contributed by atoms with Crippen molar-refractivity contribution in [1.82, 2.24) is 9.47 Å². The van der Waals surface area contributed by atoms with Gasteiger partial charge < -0.3 is 14.2 Å². The van der Waals surface area contributed by atoms with Crippen LogP contribution in [0.5, 0.6) is 5.75 Å². The van der Waals surface area contributed by atoms with Crippen LogP contribution >= 0.6 is 0 Å². The number of hydrogen-bond donors (Lipinski definition) is 0. The fraction of sp³-hybridized carbons (Fsp3) is 0.500. The Morgan fingerprint density at radius 2 is 2.00 bits per heavy atom. The first kappa shape index (κ1) is 14.6. The van der Waals surface area contributed by atoms with Crippen LogP contribution in [-0.2, 0) is 5.34 Å². The lowest BCUT2D eigenvalue weighted by Gasteiger charge is -2.39. The molecule has 4 radical (unpaired) electrons. The smallest absolute Gasteiger partial charge is 0.120 e. The van der Waals surface area contributed by atoms with Crippen LogP contribution in [0.4, 0.5) is 0 Å². The molecule has 0 spiro atoms. The Labute approximate surface area is 129 Å². The first-order valence-electron chi connectivity index (χ1n) is 7.42. The molecule has 0 aliphatic heterocycles. The minimum Gasteiger partial charge on any atom is -0.490 e. The van der Waals surface area contributed by atoms with Gasteiger partial charge in [0.25, 0.3) is 0 Å². The van der Waals surface area contributed by atoms with Crippen molar-refractivity contribution in [2.24, 2.45) is 0 Å². The zero-order valence-electron chi connectivity index (χ0n) is 12.9. The lowest BCUT2D eigenvalue weighted by molar-refractivity contribution is 0.254. The van der Waals surface area contributed by atoms with Crippen molar-refractivity contribution in [3.05, 3.63) is 30.5 Å². The van der Waals surface area contributed by atoms with Crippen LogP contribution in [-0.4, -0.2) is 51.4 Å². The van der Waals surface area contributed by atoms with Crippen LogP contribution in [0.2, 0.25) is 0 Å². The molecule has 106 valence electrons.